The highest BCUT2D eigenvalue weighted by Crippen LogP contribution is 2.30. The molecule has 0 saturated carbocycles. The second kappa shape index (κ2) is 5.10. The van der Waals surface area contributed by atoms with E-state index in [2.05, 4.69) is 0 Å². The lowest BCUT2D eigenvalue weighted by Crippen LogP contribution is -2.26. The summed E-state index contributed by atoms with van der Waals surface area (Å²) < 4.78 is 0. The van der Waals surface area contributed by atoms with Gasteiger partial charge in [-0.15, -0.1) is 0 Å². The van der Waals surface area contributed by atoms with Crippen molar-refractivity contribution in [3.8, 4) is 0 Å². The summed E-state index contributed by atoms with van der Waals surface area (Å²) in [4.78, 5) is 35.3. The lowest BCUT2D eigenvalue weighted by atomic mass is 9.91. The molecule has 3 rings (SSSR count). The van der Waals surface area contributed by atoms with Crippen molar-refractivity contribution in [3.05, 3.63) is 59.2 Å². The molecule has 6 N–H and O–H groups in total. The van der Waals surface area contributed by atoms with Gasteiger partial charge in [0.1, 0.15) is 0 Å². The van der Waals surface area contributed by atoms with Crippen LogP contribution in [0.25, 0.3) is 21.5 Å². The number of carbonyl (C=O) groups excluding carboxylic acids is 3. The van der Waals surface area contributed by atoms with Crippen molar-refractivity contribution in [2.24, 2.45) is 17.2 Å². The van der Waals surface area contributed by atoms with E-state index < -0.39 is 17.7 Å². The van der Waals surface area contributed by atoms with Crippen molar-refractivity contribution in [1.82, 2.24) is 0 Å². The van der Waals surface area contributed by atoms with Gasteiger partial charge < -0.3 is 17.2 Å². The topological polar surface area (TPSA) is 129 Å². The fourth-order valence-corrected chi connectivity index (χ4v) is 2.80. The SMILES string of the molecule is NC(=O)c1cc2cc3ccccc3cc2c(C(N)=O)c1C(N)=O. The van der Waals surface area contributed by atoms with Crippen LogP contribution in [0.15, 0.2) is 42.5 Å². The standard InChI is InChI=1S/C17H13N3O3/c18-15(21)12-7-10-5-8-3-1-2-4-9(8)6-11(10)13(16(19)22)14(12)17(20)23/h1-7H,(H2,18,21)(H2,19,22)(H2,20,23). The van der Waals surface area contributed by atoms with Crippen molar-refractivity contribution in [1.29, 1.82) is 0 Å². The summed E-state index contributed by atoms with van der Waals surface area (Å²) in [6.45, 7) is 0. The molecular weight excluding hydrogens is 294 g/mol. The van der Waals surface area contributed by atoms with Crippen LogP contribution in [0, 0.1) is 0 Å². The van der Waals surface area contributed by atoms with E-state index >= 15 is 0 Å². The van der Waals surface area contributed by atoms with Gasteiger partial charge in [0.25, 0.3) is 0 Å². The third-order valence-electron chi connectivity index (χ3n) is 3.76. The molecule has 0 heterocycles. The molecule has 0 radical (unpaired) electrons. The second-order valence-corrected chi connectivity index (χ2v) is 5.19. The molecule has 0 spiro atoms. The van der Waals surface area contributed by atoms with E-state index in [4.69, 9.17) is 17.2 Å². The first-order chi connectivity index (χ1) is 10.9. The average Bonchev–Trinajstić information content (AvgIpc) is 2.50. The van der Waals surface area contributed by atoms with Gasteiger partial charge in [-0.2, -0.15) is 0 Å². The number of carbonyl (C=O) groups is 3. The van der Waals surface area contributed by atoms with Gasteiger partial charge in [-0.25, -0.2) is 0 Å². The number of nitrogens with two attached hydrogens (primary N) is 3. The van der Waals surface area contributed by atoms with Gasteiger partial charge in [0.15, 0.2) is 0 Å². The van der Waals surface area contributed by atoms with Crippen LogP contribution >= 0.6 is 0 Å². The first-order valence-electron chi connectivity index (χ1n) is 6.79. The molecule has 0 fully saturated rings. The van der Waals surface area contributed by atoms with Gasteiger partial charge in [-0.05, 0) is 39.7 Å². The molecule has 6 nitrogen and oxygen atoms in total. The minimum Gasteiger partial charge on any atom is -0.366 e. The molecule has 114 valence electrons. The summed E-state index contributed by atoms with van der Waals surface area (Å²) >= 11 is 0. The molecule has 23 heavy (non-hydrogen) atoms. The maximum atomic E-state index is 11.9. The average molecular weight is 307 g/mol. The third kappa shape index (κ3) is 2.26. The molecule has 0 unspecified atom stereocenters. The van der Waals surface area contributed by atoms with Crippen LogP contribution in [0.2, 0.25) is 0 Å². The van der Waals surface area contributed by atoms with E-state index in [1.165, 1.54) is 6.07 Å². The lowest BCUT2D eigenvalue weighted by Gasteiger charge is -2.13. The molecule has 0 aromatic heterocycles. The maximum Gasteiger partial charge on any atom is 0.250 e. The van der Waals surface area contributed by atoms with Crippen LogP contribution in [-0.4, -0.2) is 17.7 Å². The number of hydrogen-bond acceptors (Lipinski definition) is 3. The Morgan fingerprint density at radius 1 is 0.652 bits per heavy atom. The summed E-state index contributed by atoms with van der Waals surface area (Å²) in [5.74, 6) is -2.62. The summed E-state index contributed by atoms with van der Waals surface area (Å²) in [5, 5.41) is 2.81. The molecule has 0 bridgehead atoms. The number of primary amides is 3. The van der Waals surface area contributed by atoms with Gasteiger partial charge in [0.05, 0.1) is 16.7 Å². The summed E-state index contributed by atoms with van der Waals surface area (Å²) in [6, 6.07) is 12.5. The Kier molecular flexibility index (Phi) is 3.22. The molecule has 0 atom stereocenters. The molecular formula is C17H13N3O3. The summed E-state index contributed by atoms with van der Waals surface area (Å²) in [6.07, 6.45) is 0. The van der Waals surface area contributed by atoms with Gasteiger partial charge in [0.2, 0.25) is 17.7 Å². The quantitative estimate of drug-likeness (QED) is 0.630. The lowest BCUT2D eigenvalue weighted by molar-refractivity contribution is 0.0955. The van der Waals surface area contributed by atoms with Crippen molar-refractivity contribution in [2.75, 3.05) is 0 Å². The zero-order valence-corrected chi connectivity index (χ0v) is 12.0. The number of benzene rings is 3. The Morgan fingerprint density at radius 2 is 1.22 bits per heavy atom. The van der Waals surface area contributed by atoms with Crippen LogP contribution in [-0.2, 0) is 0 Å². The largest absolute Gasteiger partial charge is 0.366 e. The molecule has 3 aromatic carbocycles. The molecule has 3 aromatic rings. The number of hydrogen-bond donors (Lipinski definition) is 3. The van der Waals surface area contributed by atoms with E-state index in [0.29, 0.717) is 10.8 Å². The van der Waals surface area contributed by atoms with E-state index in [-0.39, 0.29) is 16.7 Å². The molecule has 0 aliphatic carbocycles. The number of rotatable bonds is 3. The van der Waals surface area contributed by atoms with Gasteiger partial charge >= 0.3 is 0 Å². The normalized spacial score (nSPS) is 10.8. The third-order valence-corrected chi connectivity index (χ3v) is 3.76. The first-order valence-corrected chi connectivity index (χ1v) is 6.79. The highest BCUT2D eigenvalue weighted by molar-refractivity contribution is 6.21. The minimum absolute atomic E-state index is 0.0884. The number of amides is 3. The zero-order chi connectivity index (χ0) is 16.7. The van der Waals surface area contributed by atoms with E-state index in [1.807, 2.05) is 24.3 Å². The van der Waals surface area contributed by atoms with Gasteiger partial charge in [-0.1, -0.05) is 24.3 Å². The van der Waals surface area contributed by atoms with Crippen molar-refractivity contribution in [2.45, 2.75) is 0 Å². The molecule has 3 amide bonds. The van der Waals surface area contributed by atoms with Crippen molar-refractivity contribution in [3.63, 3.8) is 0 Å². The molecule has 6 heteroatoms. The molecule has 0 aliphatic heterocycles. The van der Waals surface area contributed by atoms with Crippen LogP contribution in [0.3, 0.4) is 0 Å². The van der Waals surface area contributed by atoms with Crippen LogP contribution < -0.4 is 17.2 Å². The molecule has 0 aliphatic rings. The Labute approximate surface area is 130 Å². The van der Waals surface area contributed by atoms with Crippen molar-refractivity contribution >= 4 is 39.3 Å². The Balaban J connectivity index is 2.58. The maximum absolute atomic E-state index is 11.9. The van der Waals surface area contributed by atoms with Crippen LogP contribution in [0.5, 0.6) is 0 Å². The van der Waals surface area contributed by atoms with Crippen LogP contribution in [0.4, 0.5) is 0 Å². The summed E-state index contributed by atoms with van der Waals surface area (Å²) in [7, 11) is 0. The first kappa shape index (κ1) is 14.5. The Hall–Kier alpha value is -3.41. The van der Waals surface area contributed by atoms with Crippen molar-refractivity contribution < 1.29 is 14.4 Å². The highest BCUT2D eigenvalue weighted by atomic mass is 16.2. The predicted octanol–water partition coefficient (Wildman–Crippen LogP) is 1.29. The highest BCUT2D eigenvalue weighted by Gasteiger charge is 2.24. The predicted molar refractivity (Wildman–Crippen MR) is 87.0 cm³/mol. The zero-order valence-electron chi connectivity index (χ0n) is 12.0. The minimum atomic E-state index is -0.928. The van der Waals surface area contributed by atoms with E-state index in [0.717, 1.165) is 10.8 Å². The smallest absolute Gasteiger partial charge is 0.250 e. The second-order valence-electron chi connectivity index (χ2n) is 5.19. The molecule has 0 saturated heterocycles. The fourth-order valence-electron chi connectivity index (χ4n) is 2.80. The Morgan fingerprint density at radius 3 is 1.74 bits per heavy atom. The van der Waals surface area contributed by atoms with Crippen LogP contribution in [0.1, 0.15) is 31.1 Å². The van der Waals surface area contributed by atoms with Gasteiger partial charge in [-0.3, -0.25) is 14.4 Å². The fraction of sp³-hybridized carbons (Fsp3) is 0. The monoisotopic (exact) mass is 307 g/mol. The Bertz CT molecular complexity index is 1010. The summed E-state index contributed by atoms with van der Waals surface area (Å²) in [5.41, 5.74) is 15.7. The number of fused-ring (bicyclic) bond motifs is 2. The van der Waals surface area contributed by atoms with E-state index in [9.17, 15) is 14.4 Å². The van der Waals surface area contributed by atoms with Gasteiger partial charge in [0, 0.05) is 0 Å². The van der Waals surface area contributed by atoms with E-state index in [1.54, 1.807) is 12.1 Å².